The van der Waals surface area contributed by atoms with Crippen LogP contribution in [-0.2, 0) is 11.3 Å². The second-order valence-corrected chi connectivity index (χ2v) is 3.62. The van der Waals surface area contributed by atoms with Crippen LogP contribution in [0.1, 0.15) is 5.69 Å². The fourth-order valence-electron chi connectivity index (χ4n) is 0.793. The lowest BCUT2D eigenvalue weighted by Crippen LogP contribution is -2.44. The highest BCUT2D eigenvalue weighted by atomic mass is 32.1. The van der Waals surface area contributed by atoms with E-state index in [1.165, 1.54) is 5.38 Å². The number of alkyl halides is 4. The fourth-order valence-corrected chi connectivity index (χ4v) is 1.37. The van der Waals surface area contributed by atoms with Crippen molar-refractivity contribution in [1.29, 1.82) is 0 Å². The number of carbonyl (C=O) groups is 1. The van der Waals surface area contributed by atoms with Gasteiger partial charge in [0.1, 0.15) is 0 Å². The predicted octanol–water partition coefficient (Wildman–Crippen LogP) is 0.953. The summed E-state index contributed by atoms with van der Waals surface area (Å²) in [7, 11) is 0. The van der Waals surface area contributed by atoms with Gasteiger partial charge in [-0.05, 0) is 0 Å². The van der Waals surface area contributed by atoms with Crippen LogP contribution in [0.15, 0.2) is 10.2 Å². The van der Waals surface area contributed by atoms with Crippen molar-refractivity contribution >= 4 is 17.2 Å². The van der Waals surface area contributed by atoms with Gasteiger partial charge in [-0.3, -0.25) is 9.59 Å². The number of hydrogen-bond acceptors (Lipinski definition) is 3. The lowest BCUT2D eigenvalue weighted by molar-refractivity contribution is -0.169. The fraction of sp³-hybridized carbons (Fsp3) is 0.429. The molecule has 0 saturated carbocycles. The van der Waals surface area contributed by atoms with E-state index in [-0.39, 0.29) is 5.69 Å². The van der Waals surface area contributed by atoms with Crippen LogP contribution in [-0.4, -0.2) is 23.2 Å². The Morgan fingerprint density at radius 1 is 1.56 bits per heavy atom. The van der Waals surface area contributed by atoms with Crippen LogP contribution >= 0.6 is 11.3 Å². The highest BCUT2D eigenvalue weighted by Crippen LogP contribution is 2.22. The third-order valence-corrected chi connectivity index (χ3v) is 2.31. The molecular weight excluding hydrogens is 252 g/mol. The molecule has 1 amide bonds. The van der Waals surface area contributed by atoms with E-state index >= 15 is 0 Å². The van der Waals surface area contributed by atoms with E-state index in [4.69, 9.17) is 0 Å². The average Bonchev–Trinajstić information content (AvgIpc) is 2.60. The molecule has 9 heteroatoms. The summed E-state index contributed by atoms with van der Waals surface area (Å²) in [6.07, 6.45) is -4.06. The Morgan fingerprint density at radius 2 is 2.19 bits per heavy atom. The first-order chi connectivity index (χ1) is 7.34. The third kappa shape index (κ3) is 2.81. The number of aromatic amines is 1. The maximum Gasteiger partial charge on any atom is 0.383 e. The van der Waals surface area contributed by atoms with Crippen LogP contribution < -0.4 is 10.2 Å². The summed E-state index contributed by atoms with van der Waals surface area (Å²) in [5.41, 5.74) is 0.174. The number of H-pyrrole nitrogens is 1. The molecule has 1 rings (SSSR count). The summed E-state index contributed by atoms with van der Waals surface area (Å²) in [5.74, 6) is -6.80. The van der Waals surface area contributed by atoms with Crippen molar-refractivity contribution in [2.24, 2.45) is 0 Å². The molecule has 0 radical (unpaired) electrons. The van der Waals surface area contributed by atoms with Gasteiger partial charge in [-0.25, -0.2) is 8.78 Å². The van der Waals surface area contributed by atoms with Crippen molar-refractivity contribution in [1.82, 2.24) is 10.3 Å². The SMILES string of the molecule is O=C(NCc1csc(=O)[nH]1)C(F)(F)C(F)F. The molecule has 1 aromatic rings. The van der Waals surface area contributed by atoms with E-state index in [1.54, 1.807) is 5.32 Å². The number of aromatic nitrogens is 1. The minimum atomic E-state index is -4.73. The first kappa shape index (κ1) is 12.7. The van der Waals surface area contributed by atoms with Crippen molar-refractivity contribution in [3.8, 4) is 0 Å². The standard InChI is InChI=1S/C7H6F4N2O2S/c8-4(9)7(10,11)5(14)12-1-3-2-16-6(15)13-3/h2,4H,1H2,(H,12,14)(H,13,15). The number of halogens is 4. The normalized spacial score (nSPS) is 11.8. The minimum absolute atomic E-state index is 0.174. The quantitative estimate of drug-likeness (QED) is 0.790. The zero-order valence-corrected chi connectivity index (χ0v) is 8.41. The van der Waals surface area contributed by atoms with Crippen molar-refractivity contribution in [3.63, 3.8) is 0 Å². The second kappa shape index (κ2) is 4.64. The van der Waals surface area contributed by atoms with Crippen molar-refractivity contribution in [2.45, 2.75) is 18.9 Å². The van der Waals surface area contributed by atoms with Gasteiger partial charge in [-0.1, -0.05) is 11.3 Å². The number of carbonyl (C=O) groups excluding carboxylic acids is 1. The van der Waals surface area contributed by atoms with E-state index < -0.39 is 29.7 Å². The molecule has 0 bridgehead atoms. The molecule has 0 aliphatic carbocycles. The summed E-state index contributed by atoms with van der Waals surface area (Å²) in [6, 6.07) is 0. The van der Waals surface area contributed by atoms with Crippen LogP contribution in [0.3, 0.4) is 0 Å². The van der Waals surface area contributed by atoms with Crippen molar-refractivity contribution in [3.05, 3.63) is 20.7 Å². The van der Waals surface area contributed by atoms with Crippen LogP contribution in [0.2, 0.25) is 0 Å². The first-order valence-corrected chi connectivity index (χ1v) is 4.83. The lowest BCUT2D eigenvalue weighted by atomic mass is 10.3. The summed E-state index contributed by atoms with van der Waals surface area (Å²) in [6.45, 7) is -0.431. The van der Waals surface area contributed by atoms with Gasteiger partial charge in [0.25, 0.3) is 5.91 Å². The molecule has 1 aromatic heterocycles. The number of rotatable bonds is 4. The largest absolute Gasteiger partial charge is 0.383 e. The first-order valence-electron chi connectivity index (χ1n) is 3.95. The molecule has 0 atom stereocenters. The van der Waals surface area contributed by atoms with E-state index in [9.17, 15) is 27.2 Å². The Morgan fingerprint density at radius 3 is 2.62 bits per heavy atom. The Kier molecular flexibility index (Phi) is 3.68. The monoisotopic (exact) mass is 258 g/mol. The zero-order chi connectivity index (χ0) is 12.3. The van der Waals surface area contributed by atoms with Crippen LogP contribution in [0.4, 0.5) is 17.6 Å². The van der Waals surface area contributed by atoms with Gasteiger partial charge in [-0.15, -0.1) is 0 Å². The number of thiazole rings is 1. The van der Waals surface area contributed by atoms with Gasteiger partial charge < -0.3 is 10.3 Å². The molecule has 0 saturated heterocycles. The molecule has 0 spiro atoms. The zero-order valence-electron chi connectivity index (χ0n) is 7.60. The highest BCUT2D eigenvalue weighted by Gasteiger charge is 2.48. The molecule has 0 aromatic carbocycles. The third-order valence-electron chi connectivity index (χ3n) is 1.59. The number of hydrogen-bond donors (Lipinski definition) is 2. The van der Waals surface area contributed by atoms with E-state index in [2.05, 4.69) is 4.98 Å². The molecular formula is C7H6F4N2O2S. The Labute approximate surface area is 90.3 Å². The second-order valence-electron chi connectivity index (χ2n) is 2.78. The van der Waals surface area contributed by atoms with Crippen molar-refractivity contribution < 1.29 is 22.4 Å². The molecule has 0 unspecified atom stereocenters. The van der Waals surface area contributed by atoms with Crippen LogP contribution in [0.5, 0.6) is 0 Å². The molecule has 4 nitrogen and oxygen atoms in total. The number of nitrogens with one attached hydrogen (secondary N) is 2. The molecule has 2 N–H and O–H groups in total. The molecule has 1 heterocycles. The van der Waals surface area contributed by atoms with Crippen molar-refractivity contribution in [2.75, 3.05) is 0 Å². The Bertz CT molecular complexity index is 428. The summed E-state index contributed by atoms with van der Waals surface area (Å²) < 4.78 is 48.3. The highest BCUT2D eigenvalue weighted by molar-refractivity contribution is 7.07. The smallest absolute Gasteiger partial charge is 0.345 e. The lowest BCUT2D eigenvalue weighted by Gasteiger charge is -2.14. The van der Waals surface area contributed by atoms with E-state index in [1.807, 2.05) is 0 Å². The summed E-state index contributed by atoms with van der Waals surface area (Å²) >= 11 is 0.772. The van der Waals surface area contributed by atoms with Gasteiger partial charge in [0.2, 0.25) is 0 Å². The Hall–Kier alpha value is -1.38. The van der Waals surface area contributed by atoms with Gasteiger partial charge >= 0.3 is 17.2 Å². The molecule has 0 fully saturated rings. The summed E-state index contributed by atoms with van der Waals surface area (Å²) in [4.78, 5) is 23.1. The van der Waals surface area contributed by atoms with Crippen LogP contribution in [0, 0.1) is 0 Å². The summed E-state index contributed by atoms with van der Waals surface area (Å²) in [5, 5.41) is 2.90. The predicted molar refractivity (Wildman–Crippen MR) is 47.7 cm³/mol. The molecule has 90 valence electrons. The van der Waals surface area contributed by atoms with E-state index in [0.29, 0.717) is 0 Å². The topological polar surface area (TPSA) is 62.0 Å². The Balaban J connectivity index is 2.56. The van der Waals surface area contributed by atoms with Gasteiger partial charge in [0.05, 0.1) is 6.54 Å². The molecule has 0 aliphatic heterocycles. The van der Waals surface area contributed by atoms with Gasteiger partial charge in [0, 0.05) is 11.1 Å². The van der Waals surface area contributed by atoms with E-state index in [0.717, 1.165) is 11.3 Å². The maximum atomic E-state index is 12.4. The van der Waals surface area contributed by atoms with Gasteiger partial charge in [-0.2, -0.15) is 8.78 Å². The number of amides is 1. The minimum Gasteiger partial charge on any atom is -0.345 e. The molecule has 0 aliphatic rings. The van der Waals surface area contributed by atoms with Gasteiger partial charge in [0.15, 0.2) is 0 Å². The average molecular weight is 258 g/mol. The van der Waals surface area contributed by atoms with Crippen LogP contribution in [0.25, 0.3) is 0 Å². The molecule has 16 heavy (non-hydrogen) atoms. The maximum absolute atomic E-state index is 12.4.